The molecule has 1 fully saturated rings. The molecular formula is C25H36ClN3O6S. The Labute approximate surface area is 219 Å². The lowest BCUT2D eigenvalue weighted by Gasteiger charge is -2.38. The summed E-state index contributed by atoms with van der Waals surface area (Å²) < 4.78 is 40.1. The summed E-state index contributed by atoms with van der Waals surface area (Å²) in [5.41, 5.74) is 2.40. The molecule has 1 heterocycles. The van der Waals surface area contributed by atoms with Crippen LogP contribution in [0.15, 0.2) is 53.7 Å². The minimum absolute atomic E-state index is 0. The number of methoxy groups -OCH3 is 1. The van der Waals surface area contributed by atoms with Gasteiger partial charge in [0, 0.05) is 25.5 Å². The van der Waals surface area contributed by atoms with Gasteiger partial charge in [-0.1, -0.05) is 13.8 Å². The first-order chi connectivity index (χ1) is 16.8. The molecule has 2 aromatic rings. The van der Waals surface area contributed by atoms with Gasteiger partial charge in [0.2, 0.25) is 10.0 Å². The molecule has 0 unspecified atom stereocenters. The largest absolute Gasteiger partial charge is 0.497 e. The molecule has 2 N–H and O–H groups in total. The normalized spacial score (nSPS) is 18.9. The number of pyridine rings is 1. The van der Waals surface area contributed by atoms with Crippen molar-refractivity contribution in [1.29, 1.82) is 0 Å². The molecule has 1 aromatic carbocycles. The zero-order valence-corrected chi connectivity index (χ0v) is 22.5. The quantitative estimate of drug-likeness (QED) is 0.328. The summed E-state index contributed by atoms with van der Waals surface area (Å²) in [6.07, 6.45) is 5.88. The third kappa shape index (κ3) is 7.63. The summed E-state index contributed by atoms with van der Waals surface area (Å²) in [6, 6.07) is 8.37. The topological polar surface area (TPSA) is 118 Å². The molecule has 1 atom stereocenters. The molecule has 0 saturated heterocycles. The Morgan fingerprint density at radius 3 is 2.25 bits per heavy atom. The lowest BCUT2D eigenvalue weighted by molar-refractivity contribution is -0.136. The molecule has 0 radical (unpaired) electrons. The van der Waals surface area contributed by atoms with Crippen molar-refractivity contribution in [3.05, 3.63) is 54.4 Å². The second-order valence-electron chi connectivity index (χ2n) is 9.27. The maximum atomic E-state index is 13.9. The fourth-order valence-corrected chi connectivity index (χ4v) is 6.07. The van der Waals surface area contributed by atoms with Gasteiger partial charge in [-0.15, -0.1) is 12.4 Å². The van der Waals surface area contributed by atoms with Crippen LogP contribution >= 0.6 is 12.4 Å². The van der Waals surface area contributed by atoms with Crippen LogP contribution in [0.1, 0.15) is 45.1 Å². The molecule has 36 heavy (non-hydrogen) atoms. The van der Waals surface area contributed by atoms with E-state index in [0.29, 0.717) is 36.7 Å². The Kier molecular flexibility index (Phi) is 11.6. The molecule has 11 heteroatoms. The van der Waals surface area contributed by atoms with Gasteiger partial charge in [-0.2, -0.15) is 4.31 Å². The molecule has 0 bridgehead atoms. The van der Waals surface area contributed by atoms with Gasteiger partial charge in [-0.05, 0) is 79.5 Å². The van der Waals surface area contributed by atoms with Crippen LogP contribution in [0.25, 0.3) is 0 Å². The average Bonchev–Trinajstić information content (AvgIpc) is 2.88. The molecule has 9 nitrogen and oxygen atoms in total. The van der Waals surface area contributed by atoms with Gasteiger partial charge in [-0.3, -0.25) is 15.0 Å². The van der Waals surface area contributed by atoms with Gasteiger partial charge in [0.25, 0.3) is 5.91 Å². The van der Waals surface area contributed by atoms with E-state index in [1.54, 1.807) is 42.1 Å². The van der Waals surface area contributed by atoms with Crippen LogP contribution in [0.5, 0.6) is 5.75 Å². The first kappa shape index (κ1) is 30.0. The highest BCUT2D eigenvalue weighted by atomic mass is 35.5. The van der Waals surface area contributed by atoms with Crippen molar-refractivity contribution in [3.8, 4) is 5.75 Å². The van der Waals surface area contributed by atoms with Crippen molar-refractivity contribution >= 4 is 28.3 Å². The first-order valence-corrected chi connectivity index (χ1v) is 13.3. The number of nitrogens with zero attached hydrogens (tertiary/aromatic N) is 2. The number of aromatic nitrogens is 1. The Hall–Kier alpha value is -2.24. The van der Waals surface area contributed by atoms with E-state index in [0.717, 1.165) is 12.8 Å². The fraction of sp³-hybridized carbons (Fsp3) is 0.520. The molecule has 1 aromatic heterocycles. The molecule has 1 aliphatic carbocycles. The van der Waals surface area contributed by atoms with Crippen molar-refractivity contribution in [1.82, 2.24) is 14.8 Å². The number of benzene rings is 1. The second kappa shape index (κ2) is 13.9. The van der Waals surface area contributed by atoms with E-state index in [-0.39, 0.29) is 35.9 Å². The van der Waals surface area contributed by atoms with E-state index in [1.807, 2.05) is 0 Å². The van der Waals surface area contributed by atoms with Gasteiger partial charge in [0.1, 0.15) is 11.8 Å². The molecule has 200 valence electrons. The van der Waals surface area contributed by atoms with Crippen LogP contribution in [0, 0.1) is 11.8 Å². The second-order valence-corrected chi connectivity index (χ2v) is 11.2. The zero-order valence-electron chi connectivity index (χ0n) is 20.9. The molecule has 1 aliphatic rings. The summed E-state index contributed by atoms with van der Waals surface area (Å²) >= 11 is 0. The Bertz CT molecular complexity index is 1050. The number of nitrogens with one attached hydrogen (secondary N) is 1. The highest BCUT2D eigenvalue weighted by molar-refractivity contribution is 7.89. The minimum atomic E-state index is -4.11. The number of halogens is 1. The number of ether oxygens (including phenoxy) is 2. The predicted octanol–water partition coefficient (Wildman–Crippen LogP) is 3.81. The van der Waals surface area contributed by atoms with Crippen LogP contribution in [-0.2, 0) is 26.1 Å². The number of hydrogen-bond donors (Lipinski definition) is 2. The van der Waals surface area contributed by atoms with Gasteiger partial charge in [-0.25, -0.2) is 13.9 Å². The van der Waals surface area contributed by atoms with Crippen molar-refractivity contribution < 1.29 is 27.9 Å². The van der Waals surface area contributed by atoms with Crippen molar-refractivity contribution in [2.75, 3.05) is 13.7 Å². The van der Waals surface area contributed by atoms with Crippen molar-refractivity contribution in [2.45, 2.75) is 63.1 Å². The average molecular weight is 542 g/mol. The Morgan fingerprint density at radius 2 is 1.72 bits per heavy atom. The van der Waals surface area contributed by atoms with Gasteiger partial charge in [0.15, 0.2) is 0 Å². The SMILES string of the molecule is COc1ccc(S(=O)(=O)N(Cc2ccncc2)[C@@H](C(=O)NO)[C@H]2CC[C@H](OCC(C)C)CC2)cc1.Cl. The van der Waals surface area contributed by atoms with Crippen LogP contribution in [-0.4, -0.2) is 54.7 Å². The summed E-state index contributed by atoms with van der Waals surface area (Å²) in [4.78, 5) is 17.0. The maximum absolute atomic E-state index is 13.9. The zero-order chi connectivity index (χ0) is 25.4. The molecule has 1 amide bonds. The fourth-order valence-electron chi connectivity index (χ4n) is 4.43. The van der Waals surface area contributed by atoms with Gasteiger partial charge in [0.05, 0.1) is 18.1 Å². The summed E-state index contributed by atoms with van der Waals surface area (Å²) in [7, 11) is -2.61. The molecule has 0 spiro atoms. The summed E-state index contributed by atoms with van der Waals surface area (Å²) in [5, 5.41) is 9.58. The van der Waals surface area contributed by atoms with Crippen LogP contribution in [0.3, 0.4) is 0 Å². The Balaban J connectivity index is 0.00000456. The van der Waals surface area contributed by atoms with Gasteiger partial charge < -0.3 is 9.47 Å². The van der Waals surface area contributed by atoms with Crippen molar-refractivity contribution in [2.24, 2.45) is 11.8 Å². The summed E-state index contributed by atoms with van der Waals surface area (Å²) in [5.74, 6) is -0.0845. The lowest BCUT2D eigenvalue weighted by atomic mass is 9.82. The number of hydrogen-bond acceptors (Lipinski definition) is 7. The number of carbonyl (C=O) groups excluding carboxylic acids is 1. The van der Waals surface area contributed by atoms with Crippen molar-refractivity contribution in [3.63, 3.8) is 0 Å². The molecule has 1 saturated carbocycles. The number of hydroxylamine groups is 1. The highest BCUT2D eigenvalue weighted by Crippen LogP contribution is 2.34. The maximum Gasteiger partial charge on any atom is 0.262 e. The van der Waals surface area contributed by atoms with E-state index in [4.69, 9.17) is 9.47 Å². The van der Waals surface area contributed by atoms with E-state index in [1.165, 1.54) is 23.5 Å². The van der Waals surface area contributed by atoms with E-state index in [2.05, 4.69) is 18.8 Å². The molecular weight excluding hydrogens is 506 g/mol. The summed E-state index contributed by atoms with van der Waals surface area (Å²) in [6.45, 7) is 4.80. The third-order valence-electron chi connectivity index (χ3n) is 6.27. The number of sulfonamides is 1. The van der Waals surface area contributed by atoms with E-state index < -0.39 is 22.0 Å². The van der Waals surface area contributed by atoms with Crippen LogP contribution < -0.4 is 10.2 Å². The number of amides is 1. The van der Waals surface area contributed by atoms with Gasteiger partial charge >= 0.3 is 0 Å². The molecule has 3 rings (SSSR count). The number of rotatable bonds is 11. The molecule has 0 aliphatic heterocycles. The minimum Gasteiger partial charge on any atom is -0.497 e. The van der Waals surface area contributed by atoms with E-state index in [9.17, 15) is 18.4 Å². The van der Waals surface area contributed by atoms with Crippen LogP contribution in [0.2, 0.25) is 0 Å². The monoisotopic (exact) mass is 541 g/mol. The third-order valence-corrected chi connectivity index (χ3v) is 8.12. The van der Waals surface area contributed by atoms with E-state index >= 15 is 0 Å². The Morgan fingerprint density at radius 1 is 1.11 bits per heavy atom. The predicted molar refractivity (Wildman–Crippen MR) is 137 cm³/mol. The number of carbonyl (C=O) groups is 1. The van der Waals surface area contributed by atoms with Crippen LogP contribution in [0.4, 0.5) is 0 Å². The smallest absolute Gasteiger partial charge is 0.262 e. The highest BCUT2D eigenvalue weighted by Gasteiger charge is 2.42. The lowest BCUT2D eigenvalue weighted by Crippen LogP contribution is -2.53. The first-order valence-electron chi connectivity index (χ1n) is 11.9. The standard InChI is InChI=1S/C25H35N3O6S.ClH/c1-18(2)17-34-22-6-4-20(5-7-22)24(25(29)27-30)28(16-19-12-14-26-15-13-19)35(31,32)23-10-8-21(33-3)9-11-23;/h8-15,18,20,22,24,30H,4-7,16-17H2,1-3H3,(H,27,29);1H/t20-,22-,24-;/m1./s1.